The van der Waals surface area contributed by atoms with E-state index >= 15 is 0 Å². The SMILES string of the molecule is CNC(=O)[C@@H](C)N(Cc1ccc(Cl)c(Cl)c1)C(=O)CN(c1ccccc1)S(=O)(=O)c1ccc(C)cc1. The molecule has 3 aromatic carbocycles. The van der Waals surface area contributed by atoms with E-state index in [-0.39, 0.29) is 11.4 Å². The number of hydrogen-bond donors (Lipinski definition) is 1. The number of halogens is 2. The number of para-hydroxylation sites is 1. The van der Waals surface area contributed by atoms with Crippen LogP contribution in [0.3, 0.4) is 0 Å². The van der Waals surface area contributed by atoms with Crippen molar-refractivity contribution in [3.63, 3.8) is 0 Å². The fraction of sp³-hybridized carbons (Fsp3) is 0.231. The summed E-state index contributed by atoms with van der Waals surface area (Å²) in [5.74, 6) is -0.951. The molecule has 0 aliphatic heterocycles. The first-order chi connectivity index (χ1) is 17.0. The molecule has 3 aromatic rings. The molecular weight excluding hydrogens is 521 g/mol. The van der Waals surface area contributed by atoms with Crippen molar-refractivity contribution in [1.82, 2.24) is 10.2 Å². The first-order valence-electron chi connectivity index (χ1n) is 11.1. The van der Waals surface area contributed by atoms with Gasteiger partial charge in [0.15, 0.2) is 0 Å². The van der Waals surface area contributed by atoms with Crippen LogP contribution in [0.5, 0.6) is 0 Å². The second-order valence-corrected chi connectivity index (χ2v) is 10.9. The lowest BCUT2D eigenvalue weighted by molar-refractivity contribution is -0.139. The van der Waals surface area contributed by atoms with Crippen LogP contribution < -0.4 is 9.62 Å². The standard InChI is InChI=1S/C26H27Cl2N3O4S/c1-18-9-12-22(13-10-18)36(34,35)31(21-7-5-4-6-8-21)17-25(32)30(19(2)26(33)29-3)16-20-11-14-23(27)24(28)15-20/h4-15,19H,16-17H2,1-3H3,(H,29,33)/t19-/m1/s1. The summed E-state index contributed by atoms with van der Waals surface area (Å²) >= 11 is 12.2. The van der Waals surface area contributed by atoms with Crippen molar-refractivity contribution >= 4 is 50.7 Å². The molecule has 2 amide bonds. The maximum absolute atomic E-state index is 13.7. The molecule has 0 radical (unpaired) electrons. The fourth-order valence-corrected chi connectivity index (χ4v) is 5.32. The number of rotatable bonds is 9. The molecule has 0 unspecified atom stereocenters. The molecule has 10 heteroatoms. The number of hydrogen-bond acceptors (Lipinski definition) is 4. The summed E-state index contributed by atoms with van der Waals surface area (Å²) in [5, 5.41) is 3.21. The van der Waals surface area contributed by atoms with E-state index in [0.29, 0.717) is 21.3 Å². The van der Waals surface area contributed by atoms with Gasteiger partial charge in [0, 0.05) is 13.6 Å². The number of carbonyl (C=O) groups excluding carboxylic acids is 2. The van der Waals surface area contributed by atoms with Crippen LogP contribution in [-0.2, 0) is 26.2 Å². The second kappa shape index (κ2) is 11.8. The Morgan fingerprint density at radius 1 is 0.944 bits per heavy atom. The zero-order valence-corrected chi connectivity index (χ0v) is 22.4. The van der Waals surface area contributed by atoms with Gasteiger partial charge < -0.3 is 10.2 Å². The van der Waals surface area contributed by atoms with E-state index in [1.165, 1.54) is 24.1 Å². The molecule has 0 spiro atoms. The Kier molecular flexibility index (Phi) is 9.00. The van der Waals surface area contributed by atoms with Crippen molar-refractivity contribution in [2.45, 2.75) is 31.3 Å². The predicted octanol–water partition coefficient (Wildman–Crippen LogP) is 4.66. The van der Waals surface area contributed by atoms with E-state index < -0.39 is 34.4 Å². The average Bonchev–Trinajstić information content (AvgIpc) is 2.87. The number of sulfonamides is 1. The summed E-state index contributed by atoms with van der Waals surface area (Å²) in [6.07, 6.45) is 0. The quantitative estimate of drug-likeness (QED) is 0.422. The third-order valence-corrected chi connectivity index (χ3v) is 8.21. The highest BCUT2D eigenvalue weighted by Gasteiger charge is 2.32. The fourth-order valence-electron chi connectivity index (χ4n) is 3.59. The molecule has 0 saturated carbocycles. The Labute approximate surface area is 221 Å². The van der Waals surface area contributed by atoms with Gasteiger partial charge >= 0.3 is 0 Å². The molecular formula is C26H27Cl2N3O4S. The van der Waals surface area contributed by atoms with Crippen LogP contribution in [0.2, 0.25) is 10.0 Å². The Hall–Kier alpha value is -3.07. The Bertz CT molecular complexity index is 1330. The second-order valence-electron chi connectivity index (χ2n) is 8.22. The van der Waals surface area contributed by atoms with Gasteiger partial charge in [-0.3, -0.25) is 13.9 Å². The normalized spacial score (nSPS) is 12.0. The maximum atomic E-state index is 13.7. The Morgan fingerprint density at radius 2 is 1.58 bits per heavy atom. The van der Waals surface area contributed by atoms with Crippen molar-refractivity contribution in [3.8, 4) is 0 Å². The summed E-state index contributed by atoms with van der Waals surface area (Å²) in [7, 11) is -2.62. The highest BCUT2D eigenvalue weighted by molar-refractivity contribution is 7.92. The van der Waals surface area contributed by atoms with E-state index in [2.05, 4.69) is 5.32 Å². The molecule has 0 aromatic heterocycles. The monoisotopic (exact) mass is 547 g/mol. The van der Waals surface area contributed by atoms with Gasteiger partial charge in [0.25, 0.3) is 10.0 Å². The van der Waals surface area contributed by atoms with E-state index in [1.807, 2.05) is 6.92 Å². The largest absolute Gasteiger partial charge is 0.357 e. The van der Waals surface area contributed by atoms with E-state index in [1.54, 1.807) is 67.6 Å². The van der Waals surface area contributed by atoms with Gasteiger partial charge in [0.2, 0.25) is 11.8 Å². The highest BCUT2D eigenvalue weighted by atomic mass is 35.5. The van der Waals surface area contributed by atoms with Gasteiger partial charge in [-0.25, -0.2) is 8.42 Å². The lowest BCUT2D eigenvalue weighted by Gasteiger charge is -2.31. The molecule has 0 aliphatic carbocycles. The van der Waals surface area contributed by atoms with Crippen molar-refractivity contribution in [2.24, 2.45) is 0 Å². The Balaban J connectivity index is 2.01. The lowest BCUT2D eigenvalue weighted by atomic mass is 10.1. The smallest absolute Gasteiger partial charge is 0.264 e. The molecule has 0 heterocycles. The molecule has 0 bridgehead atoms. The molecule has 36 heavy (non-hydrogen) atoms. The topological polar surface area (TPSA) is 86.8 Å². The van der Waals surface area contributed by atoms with Gasteiger partial charge in [-0.05, 0) is 55.8 Å². The lowest BCUT2D eigenvalue weighted by Crippen LogP contribution is -2.50. The third kappa shape index (κ3) is 6.37. The van der Waals surface area contributed by atoms with E-state index in [9.17, 15) is 18.0 Å². The first kappa shape index (κ1) is 27.5. The van der Waals surface area contributed by atoms with Gasteiger partial charge in [-0.1, -0.05) is 65.2 Å². The minimum absolute atomic E-state index is 0.0253. The third-order valence-electron chi connectivity index (χ3n) is 5.68. The number of anilines is 1. The zero-order chi connectivity index (χ0) is 26.5. The number of nitrogens with zero attached hydrogens (tertiary/aromatic N) is 2. The molecule has 0 fully saturated rings. The van der Waals surface area contributed by atoms with Gasteiger partial charge in [-0.15, -0.1) is 0 Å². The molecule has 1 atom stereocenters. The number of benzene rings is 3. The van der Waals surface area contributed by atoms with Crippen LogP contribution in [0.4, 0.5) is 5.69 Å². The number of nitrogens with one attached hydrogen (secondary N) is 1. The summed E-state index contributed by atoms with van der Waals surface area (Å²) in [6, 6.07) is 18.8. The molecule has 190 valence electrons. The van der Waals surface area contributed by atoms with Crippen molar-refractivity contribution in [3.05, 3.63) is 94.0 Å². The molecule has 7 nitrogen and oxygen atoms in total. The van der Waals surface area contributed by atoms with E-state index in [0.717, 1.165) is 9.87 Å². The van der Waals surface area contributed by atoms with Crippen LogP contribution in [0.15, 0.2) is 77.7 Å². The summed E-state index contributed by atoms with van der Waals surface area (Å²) in [6.45, 7) is 2.95. The van der Waals surface area contributed by atoms with Crippen molar-refractivity contribution in [2.75, 3.05) is 17.9 Å². The molecule has 0 aliphatic rings. The van der Waals surface area contributed by atoms with Gasteiger partial charge in [0.05, 0.1) is 20.6 Å². The summed E-state index contributed by atoms with van der Waals surface area (Å²) < 4.78 is 28.3. The minimum Gasteiger partial charge on any atom is -0.357 e. The van der Waals surface area contributed by atoms with Crippen LogP contribution in [0.1, 0.15) is 18.1 Å². The van der Waals surface area contributed by atoms with Crippen LogP contribution >= 0.6 is 23.2 Å². The van der Waals surface area contributed by atoms with Crippen LogP contribution in [0, 0.1) is 6.92 Å². The summed E-state index contributed by atoms with van der Waals surface area (Å²) in [5.41, 5.74) is 1.87. The Morgan fingerprint density at radius 3 is 2.17 bits per heavy atom. The van der Waals surface area contributed by atoms with Crippen LogP contribution in [-0.4, -0.2) is 44.8 Å². The highest BCUT2D eigenvalue weighted by Crippen LogP contribution is 2.26. The molecule has 0 saturated heterocycles. The van der Waals surface area contributed by atoms with Crippen LogP contribution in [0.25, 0.3) is 0 Å². The average molecular weight is 548 g/mol. The van der Waals surface area contributed by atoms with Crippen molar-refractivity contribution < 1.29 is 18.0 Å². The number of aryl methyl sites for hydroxylation is 1. The maximum Gasteiger partial charge on any atom is 0.264 e. The van der Waals surface area contributed by atoms with Gasteiger partial charge in [0.1, 0.15) is 12.6 Å². The van der Waals surface area contributed by atoms with E-state index in [4.69, 9.17) is 23.2 Å². The summed E-state index contributed by atoms with van der Waals surface area (Å²) in [4.78, 5) is 27.5. The molecule has 1 N–H and O–H groups in total. The molecule has 3 rings (SSSR count). The minimum atomic E-state index is -4.09. The van der Waals surface area contributed by atoms with Gasteiger partial charge in [-0.2, -0.15) is 0 Å². The zero-order valence-electron chi connectivity index (χ0n) is 20.1. The first-order valence-corrected chi connectivity index (χ1v) is 13.3. The van der Waals surface area contributed by atoms with Crippen molar-refractivity contribution in [1.29, 1.82) is 0 Å². The number of amides is 2. The number of carbonyl (C=O) groups is 2. The predicted molar refractivity (Wildman–Crippen MR) is 143 cm³/mol. The number of likely N-dealkylation sites (N-methyl/N-ethyl adjacent to an activating group) is 1.